The highest BCUT2D eigenvalue weighted by Crippen LogP contribution is 2.23. The van der Waals surface area contributed by atoms with E-state index in [4.69, 9.17) is 23.2 Å². The second kappa shape index (κ2) is 6.23. The predicted octanol–water partition coefficient (Wildman–Crippen LogP) is 4.66. The van der Waals surface area contributed by atoms with Gasteiger partial charge in [-0.3, -0.25) is 4.79 Å². The Bertz CT molecular complexity index is 588. The van der Waals surface area contributed by atoms with E-state index >= 15 is 0 Å². The molecular formula is C16H14Cl2O. The molecule has 2 rings (SSSR count). The monoisotopic (exact) mass is 292 g/mol. The highest BCUT2D eigenvalue weighted by Gasteiger charge is 2.07. The number of aryl methyl sites for hydroxylation is 1. The van der Waals surface area contributed by atoms with Crippen LogP contribution < -0.4 is 0 Å². The normalized spacial score (nSPS) is 10.5. The lowest BCUT2D eigenvalue weighted by Crippen LogP contribution is -2.06. The molecule has 0 saturated carbocycles. The number of halogens is 2. The Labute approximate surface area is 123 Å². The van der Waals surface area contributed by atoms with E-state index in [1.807, 2.05) is 37.3 Å². The van der Waals surface area contributed by atoms with Crippen molar-refractivity contribution >= 4 is 29.0 Å². The first-order valence-electron chi connectivity index (χ1n) is 6.06. The number of ketones is 1. The van der Waals surface area contributed by atoms with Gasteiger partial charge < -0.3 is 0 Å². The molecule has 0 aromatic heterocycles. The molecule has 0 saturated heterocycles. The number of hydrogen-bond acceptors (Lipinski definition) is 1. The fourth-order valence-electron chi connectivity index (χ4n) is 1.87. The Kier molecular flexibility index (Phi) is 4.62. The van der Waals surface area contributed by atoms with Crippen molar-refractivity contribution in [2.75, 3.05) is 0 Å². The number of rotatable bonds is 4. The molecule has 0 heterocycles. The first-order chi connectivity index (χ1) is 9.04. The first-order valence-corrected chi connectivity index (χ1v) is 6.81. The Hall–Kier alpha value is -1.31. The quantitative estimate of drug-likeness (QED) is 0.801. The third-order valence-electron chi connectivity index (χ3n) is 2.91. The van der Waals surface area contributed by atoms with Crippen LogP contribution in [0.4, 0.5) is 0 Å². The van der Waals surface area contributed by atoms with Crippen molar-refractivity contribution in [2.45, 2.75) is 19.8 Å². The van der Waals surface area contributed by atoms with Crippen molar-refractivity contribution in [1.29, 1.82) is 0 Å². The summed E-state index contributed by atoms with van der Waals surface area (Å²) in [5, 5.41) is 0.999. The minimum Gasteiger partial charge on any atom is -0.299 e. The zero-order valence-corrected chi connectivity index (χ0v) is 12.1. The topological polar surface area (TPSA) is 17.1 Å². The van der Waals surface area contributed by atoms with Gasteiger partial charge in [-0.05, 0) is 30.2 Å². The summed E-state index contributed by atoms with van der Waals surface area (Å²) in [6.45, 7) is 2.03. The van der Waals surface area contributed by atoms with Crippen LogP contribution >= 0.6 is 23.2 Å². The van der Waals surface area contributed by atoms with Crippen LogP contribution in [-0.2, 0) is 17.6 Å². The lowest BCUT2D eigenvalue weighted by Gasteiger charge is -2.04. The summed E-state index contributed by atoms with van der Waals surface area (Å²) in [4.78, 5) is 12.0. The highest BCUT2D eigenvalue weighted by molar-refractivity contribution is 6.42. The molecule has 0 aliphatic heterocycles. The molecule has 0 N–H and O–H groups in total. The van der Waals surface area contributed by atoms with Gasteiger partial charge in [0.05, 0.1) is 10.0 Å². The smallest absolute Gasteiger partial charge is 0.141 e. The van der Waals surface area contributed by atoms with Gasteiger partial charge in [-0.1, -0.05) is 59.1 Å². The first kappa shape index (κ1) is 14.1. The average Bonchev–Trinajstić information content (AvgIpc) is 2.37. The van der Waals surface area contributed by atoms with Gasteiger partial charge in [0.2, 0.25) is 0 Å². The molecular weight excluding hydrogens is 279 g/mol. The zero-order valence-electron chi connectivity index (χ0n) is 10.6. The van der Waals surface area contributed by atoms with Gasteiger partial charge in [-0.2, -0.15) is 0 Å². The number of hydrogen-bond donors (Lipinski definition) is 0. The largest absolute Gasteiger partial charge is 0.299 e. The molecule has 0 radical (unpaired) electrons. The van der Waals surface area contributed by atoms with E-state index in [0.717, 1.165) is 11.1 Å². The van der Waals surface area contributed by atoms with Crippen molar-refractivity contribution < 1.29 is 4.79 Å². The van der Waals surface area contributed by atoms with E-state index in [-0.39, 0.29) is 5.78 Å². The molecule has 3 heteroatoms. The van der Waals surface area contributed by atoms with Crippen LogP contribution in [0.15, 0.2) is 42.5 Å². The van der Waals surface area contributed by atoms with E-state index in [1.165, 1.54) is 5.56 Å². The van der Waals surface area contributed by atoms with Crippen molar-refractivity contribution in [1.82, 2.24) is 0 Å². The lowest BCUT2D eigenvalue weighted by atomic mass is 10.0. The fraction of sp³-hybridized carbons (Fsp3) is 0.188. The lowest BCUT2D eigenvalue weighted by molar-refractivity contribution is -0.117. The van der Waals surface area contributed by atoms with Crippen LogP contribution in [0.2, 0.25) is 10.0 Å². The molecule has 98 valence electrons. The van der Waals surface area contributed by atoms with Gasteiger partial charge in [-0.25, -0.2) is 0 Å². The van der Waals surface area contributed by atoms with Gasteiger partial charge >= 0.3 is 0 Å². The third kappa shape index (κ3) is 4.09. The molecule has 0 fully saturated rings. The minimum atomic E-state index is 0.169. The summed E-state index contributed by atoms with van der Waals surface area (Å²) < 4.78 is 0. The van der Waals surface area contributed by atoms with Crippen LogP contribution in [0, 0.1) is 6.92 Å². The maximum Gasteiger partial charge on any atom is 0.141 e. The van der Waals surface area contributed by atoms with E-state index in [1.54, 1.807) is 12.1 Å². The molecule has 2 aromatic carbocycles. The van der Waals surface area contributed by atoms with E-state index < -0.39 is 0 Å². The van der Waals surface area contributed by atoms with Crippen molar-refractivity contribution in [3.05, 3.63) is 69.2 Å². The molecule has 0 aliphatic rings. The van der Waals surface area contributed by atoms with Crippen LogP contribution in [0.25, 0.3) is 0 Å². The summed E-state index contributed by atoms with van der Waals surface area (Å²) >= 11 is 11.8. The second-order valence-corrected chi connectivity index (χ2v) is 5.44. The molecule has 0 spiro atoms. The molecule has 2 aromatic rings. The van der Waals surface area contributed by atoms with Gasteiger partial charge in [0.25, 0.3) is 0 Å². The van der Waals surface area contributed by atoms with Crippen molar-refractivity contribution in [2.24, 2.45) is 0 Å². The fourth-order valence-corrected chi connectivity index (χ4v) is 2.19. The number of carbonyl (C=O) groups is 1. The Morgan fingerprint density at radius 2 is 1.47 bits per heavy atom. The molecule has 1 nitrogen and oxygen atoms in total. The second-order valence-electron chi connectivity index (χ2n) is 4.63. The maximum atomic E-state index is 12.0. The van der Waals surface area contributed by atoms with Gasteiger partial charge in [0.15, 0.2) is 0 Å². The highest BCUT2D eigenvalue weighted by atomic mass is 35.5. The zero-order chi connectivity index (χ0) is 13.8. The third-order valence-corrected chi connectivity index (χ3v) is 3.65. The van der Waals surface area contributed by atoms with Crippen LogP contribution in [0.3, 0.4) is 0 Å². The molecule has 0 atom stereocenters. The van der Waals surface area contributed by atoms with E-state index in [2.05, 4.69) is 0 Å². The summed E-state index contributed by atoms with van der Waals surface area (Å²) in [5.41, 5.74) is 3.13. The molecule has 0 amide bonds. The van der Waals surface area contributed by atoms with E-state index in [9.17, 15) is 4.79 Å². The molecule has 0 bridgehead atoms. The minimum absolute atomic E-state index is 0.169. The Morgan fingerprint density at radius 1 is 0.895 bits per heavy atom. The van der Waals surface area contributed by atoms with Crippen LogP contribution in [0.5, 0.6) is 0 Å². The van der Waals surface area contributed by atoms with Crippen LogP contribution in [0.1, 0.15) is 16.7 Å². The van der Waals surface area contributed by atoms with Gasteiger partial charge in [0.1, 0.15) is 5.78 Å². The van der Waals surface area contributed by atoms with Gasteiger partial charge in [-0.15, -0.1) is 0 Å². The summed E-state index contributed by atoms with van der Waals surface area (Å²) in [5.74, 6) is 0.169. The SMILES string of the molecule is Cc1ccc(CC(=O)Cc2ccc(Cl)c(Cl)c2)cc1. The standard InChI is InChI=1S/C16H14Cl2O/c1-11-2-4-12(5-3-11)8-14(19)9-13-6-7-15(17)16(18)10-13/h2-7,10H,8-9H2,1H3. The summed E-state index contributed by atoms with van der Waals surface area (Å²) in [7, 11) is 0. The van der Waals surface area contributed by atoms with Crippen molar-refractivity contribution in [3.8, 4) is 0 Å². The molecule has 0 aliphatic carbocycles. The maximum absolute atomic E-state index is 12.0. The number of Topliss-reactive ketones (excluding diaryl/α,β-unsaturated/α-hetero) is 1. The summed E-state index contributed by atoms with van der Waals surface area (Å²) in [6, 6.07) is 13.3. The molecule has 0 unspecified atom stereocenters. The summed E-state index contributed by atoms with van der Waals surface area (Å²) in [6.07, 6.45) is 0.825. The van der Waals surface area contributed by atoms with E-state index in [0.29, 0.717) is 22.9 Å². The predicted molar refractivity (Wildman–Crippen MR) is 80.1 cm³/mol. The van der Waals surface area contributed by atoms with Crippen LogP contribution in [-0.4, -0.2) is 5.78 Å². The van der Waals surface area contributed by atoms with Crippen molar-refractivity contribution in [3.63, 3.8) is 0 Å². The number of benzene rings is 2. The Morgan fingerprint density at radius 3 is 2.11 bits per heavy atom. The Balaban J connectivity index is 2.01. The average molecular weight is 293 g/mol. The van der Waals surface area contributed by atoms with Gasteiger partial charge in [0, 0.05) is 12.8 Å². The molecule has 19 heavy (non-hydrogen) atoms. The number of carbonyl (C=O) groups excluding carboxylic acids is 1.